The summed E-state index contributed by atoms with van der Waals surface area (Å²) in [5.74, 6) is 0.502. The van der Waals surface area contributed by atoms with Gasteiger partial charge in [-0.15, -0.1) is 23.1 Å². The van der Waals surface area contributed by atoms with E-state index in [1.54, 1.807) is 11.3 Å². The van der Waals surface area contributed by atoms with Crippen LogP contribution in [0.1, 0.15) is 54.0 Å². The van der Waals surface area contributed by atoms with Gasteiger partial charge in [-0.05, 0) is 53.9 Å². The number of thiophene rings is 1. The van der Waals surface area contributed by atoms with Crippen molar-refractivity contribution in [1.29, 1.82) is 5.26 Å². The van der Waals surface area contributed by atoms with E-state index in [0.29, 0.717) is 16.5 Å². The van der Waals surface area contributed by atoms with Crippen molar-refractivity contribution < 1.29 is 4.79 Å². The summed E-state index contributed by atoms with van der Waals surface area (Å²) in [6.07, 6.45) is 2.98. The Balaban J connectivity index is 1.61. The molecule has 1 aromatic heterocycles. The van der Waals surface area contributed by atoms with Crippen LogP contribution in [0.2, 0.25) is 0 Å². The Morgan fingerprint density at radius 3 is 2.41 bits per heavy atom. The maximum absolute atomic E-state index is 13.5. The number of fused-ring (bicyclic) bond motifs is 1. The van der Waals surface area contributed by atoms with Crippen LogP contribution in [-0.4, -0.2) is 5.91 Å². The number of anilines is 1. The number of nitriles is 1. The van der Waals surface area contributed by atoms with Gasteiger partial charge in [0.25, 0.3) is 0 Å². The first kappa shape index (κ1) is 22.6. The van der Waals surface area contributed by atoms with E-state index in [-0.39, 0.29) is 11.3 Å². The SMILES string of the molecule is CC(C)(C)[C@@H]1CCc2c(sc(NC(=O)[C@@H](Sc3ccccc3)c3ccccc3)c2C#N)C1. The van der Waals surface area contributed by atoms with Crippen LogP contribution in [0.4, 0.5) is 5.00 Å². The van der Waals surface area contributed by atoms with E-state index >= 15 is 0 Å². The van der Waals surface area contributed by atoms with Gasteiger partial charge < -0.3 is 5.32 Å². The topological polar surface area (TPSA) is 52.9 Å². The second-order valence-corrected chi connectivity index (χ2v) is 11.6. The van der Waals surface area contributed by atoms with Crippen molar-refractivity contribution in [3.63, 3.8) is 0 Å². The Kier molecular flexibility index (Phi) is 6.74. The summed E-state index contributed by atoms with van der Waals surface area (Å²) in [4.78, 5) is 15.8. The maximum Gasteiger partial charge on any atom is 0.243 e. The highest BCUT2D eigenvalue weighted by molar-refractivity contribution is 8.00. The Morgan fingerprint density at radius 2 is 1.78 bits per heavy atom. The molecule has 1 aliphatic carbocycles. The van der Waals surface area contributed by atoms with Crippen LogP contribution < -0.4 is 5.32 Å². The third kappa shape index (κ3) is 4.92. The zero-order chi connectivity index (χ0) is 22.7. The number of nitrogens with zero attached hydrogens (tertiary/aromatic N) is 1. The van der Waals surface area contributed by atoms with Gasteiger partial charge in [0.1, 0.15) is 16.3 Å². The molecule has 1 amide bonds. The number of carbonyl (C=O) groups excluding carboxylic acids is 1. The minimum absolute atomic E-state index is 0.0903. The molecule has 2 atom stereocenters. The van der Waals surface area contributed by atoms with Gasteiger partial charge in [-0.1, -0.05) is 69.3 Å². The van der Waals surface area contributed by atoms with Gasteiger partial charge in [0.05, 0.1) is 5.56 Å². The minimum Gasteiger partial charge on any atom is -0.315 e. The highest BCUT2D eigenvalue weighted by Gasteiger charge is 2.33. The summed E-state index contributed by atoms with van der Waals surface area (Å²) in [6.45, 7) is 6.86. The van der Waals surface area contributed by atoms with Crippen LogP contribution in [0.3, 0.4) is 0 Å². The normalized spacial score (nSPS) is 16.6. The number of hydrogen-bond acceptors (Lipinski definition) is 4. The largest absolute Gasteiger partial charge is 0.315 e. The van der Waals surface area contributed by atoms with E-state index in [2.05, 4.69) is 32.2 Å². The average Bonchev–Trinajstić information content (AvgIpc) is 3.14. The van der Waals surface area contributed by atoms with Crippen molar-refractivity contribution in [3.8, 4) is 6.07 Å². The molecule has 32 heavy (non-hydrogen) atoms. The molecule has 5 heteroatoms. The Hall–Kier alpha value is -2.55. The lowest BCUT2D eigenvalue weighted by molar-refractivity contribution is -0.115. The summed E-state index contributed by atoms with van der Waals surface area (Å²) in [7, 11) is 0. The molecular weight excluding hydrogens is 432 g/mol. The average molecular weight is 461 g/mol. The second kappa shape index (κ2) is 9.52. The molecular formula is C27H28N2OS2. The molecule has 0 spiro atoms. The van der Waals surface area contributed by atoms with Crippen LogP contribution in [0, 0.1) is 22.7 Å². The summed E-state index contributed by atoms with van der Waals surface area (Å²) < 4.78 is 0. The number of nitrogens with one attached hydrogen (secondary N) is 1. The first-order valence-corrected chi connectivity index (χ1v) is 12.7. The molecule has 164 valence electrons. The molecule has 2 aromatic carbocycles. The number of amides is 1. The zero-order valence-corrected chi connectivity index (χ0v) is 20.4. The Morgan fingerprint density at radius 1 is 1.12 bits per heavy atom. The Bertz CT molecular complexity index is 1120. The van der Waals surface area contributed by atoms with Crippen molar-refractivity contribution in [2.75, 3.05) is 5.32 Å². The van der Waals surface area contributed by atoms with Gasteiger partial charge in [-0.25, -0.2) is 0 Å². The van der Waals surface area contributed by atoms with E-state index in [4.69, 9.17) is 0 Å². The van der Waals surface area contributed by atoms with Crippen molar-refractivity contribution in [3.05, 3.63) is 82.2 Å². The van der Waals surface area contributed by atoms with Crippen LogP contribution >= 0.6 is 23.1 Å². The highest BCUT2D eigenvalue weighted by Crippen LogP contribution is 2.45. The zero-order valence-electron chi connectivity index (χ0n) is 18.7. The first-order chi connectivity index (χ1) is 15.4. The van der Waals surface area contributed by atoms with E-state index in [9.17, 15) is 10.1 Å². The third-order valence-electron chi connectivity index (χ3n) is 6.18. The number of benzene rings is 2. The van der Waals surface area contributed by atoms with Gasteiger partial charge in [0, 0.05) is 9.77 Å². The first-order valence-electron chi connectivity index (χ1n) is 11.0. The number of carbonyl (C=O) groups is 1. The van der Waals surface area contributed by atoms with E-state index < -0.39 is 5.25 Å². The fourth-order valence-corrected chi connectivity index (χ4v) is 6.57. The van der Waals surface area contributed by atoms with Crippen molar-refractivity contribution in [2.45, 2.75) is 50.2 Å². The lowest BCUT2D eigenvalue weighted by Crippen LogP contribution is -2.26. The molecule has 0 bridgehead atoms. The molecule has 0 fully saturated rings. The standard InChI is InChI=1S/C27H28N2OS2/c1-27(2,3)19-14-15-21-22(17-28)26(32-23(21)16-19)29-25(30)24(18-10-6-4-7-11-18)31-20-12-8-5-9-13-20/h4-13,19,24H,14-16H2,1-3H3,(H,29,30)/t19-,24+/m1/s1. The van der Waals surface area contributed by atoms with Crippen molar-refractivity contribution in [1.82, 2.24) is 0 Å². The molecule has 1 N–H and O–H groups in total. The Labute approximate surface area is 198 Å². The van der Waals surface area contributed by atoms with Crippen LogP contribution in [0.5, 0.6) is 0 Å². The molecule has 1 heterocycles. The molecule has 4 rings (SSSR count). The highest BCUT2D eigenvalue weighted by atomic mass is 32.2. The van der Waals surface area contributed by atoms with Crippen LogP contribution in [0.15, 0.2) is 65.6 Å². The van der Waals surface area contributed by atoms with Crippen LogP contribution in [0.25, 0.3) is 0 Å². The van der Waals surface area contributed by atoms with Gasteiger partial charge in [0.2, 0.25) is 5.91 Å². The number of thioether (sulfide) groups is 1. The quantitative estimate of drug-likeness (QED) is 0.408. The fraction of sp³-hybridized carbons (Fsp3) is 0.333. The van der Waals surface area contributed by atoms with E-state index in [1.165, 1.54) is 16.6 Å². The van der Waals surface area contributed by atoms with Crippen molar-refractivity contribution >= 4 is 34.0 Å². The smallest absolute Gasteiger partial charge is 0.243 e. The fourth-order valence-electron chi connectivity index (χ4n) is 4.24. The monoisotopic (exact) mass is 460 g/mol. The predicted molar refractivity (Wildman–Crippen MR) is 134 cm³/mol. The molecule has 0 saturated heterocycles. The van der Waals surface area contributed by atoms with Gasteiger partial charge in [-0.2, -0.15) is 5.26 Å². The minimum atomic E-state index is -0.397. The molecule has 3 nitrogen and oxygen atoms in total. The van der Waals surface area contributed by atoms with Crippen LogP contribution in [-0.2, 0) is 17.6 Å². The predicted octanol–water partition coefficient (Wildman–Crippen LogP) is 7.24. The lowest BCUT2D eigenvalue weighted by Gasteiger charge is -2.33. The molecule has 0 radical (unpaired) electrons. The van der Waals surface area contributed by atoms with Gasteiger partial charge >= 0.3 is 0 Å². The third-order valence-corrected chi connectivity index (χ3v) is 8.61. The van der Waals surface area contributed by atoms with E-state index in [1.807, 2.05) is 60.7 Å². The maximum atomic E-state index is 13.5. The van der Waals surface area contributed by atoms with Crippen molar-refractivity contribution in [2.24, 2.45) is 11.3 Å². The summed E-state index contributed by atoms with van der Waals surface area (Å²) in [5, 5.41) is 13.3. The van der Waals surface area contributed by atoms with Gasteiger partial charge in [-0.3, -0.25) is 4.79 Å². The summed E-state index contributed by atoms with van der Waals surface area (Å²) in [5.41, 5.74) is 2.98. The molecule has 0 saturated carbocycles. The van der Waals surface area contributed by atoms with Gasteiger partial charge in [0.15, 0.2) is 0 Å². The summed E-state index contributed by atoms with van der Waals surface area (Å²) in [6, 6.07) is 22.2. The molecule has 0 aliphatic heterocycles. The second-order valence-electron chi connectivity index (χ2n) is 9.34. The number of hydrogen-bond donors (Lipinski definition) is 1. The van der Waals surface area contributed by atoms with E-state index in [0.717, 1.165) is 35.3 Å². The summed E-state index contributed by atoms with van der Waals surface area (Å²) >= 11 is 3.12. The number of rotatable bonds is 5. The lowest BCUT2D eigenvalue weighted by atomic mass is 9.72. The molecule has 0 unspecified atom stereocenters. The molecule has 1 aliphatic rings. The molecule has 3 aromatic rings.